The number of halogens is 1. The lowest BCUT2D eigenvalue weighted by Gasteiger charge is -2.10. The average Bonchev–Trinajstić information content (AvgIpc) is 2.42. The van der Waals surface area contributed by atoms with Gasteiger partial charge in [-0.3, -0.25) is 4.79 Å². The third-order valence-corrected chi connectivity index (χ3v) is 3.12. The number of anilines is 1. The van der Waals surface area contributed by atoms with E-state index in [0.29, 0.717) is 24.2 Å². The third-order valence-electron chi connectivity index (χ3n) is 3.12. The van der Waals surface area contributed by atoms with Crippen LogP contribution in [0, 0.1) is 12.7 Å². The Morgan fingerprint density at radius 3 is 2.62 bits per heavy atom. The standard InChI is InChI=1S/C15H21FN2O3/c1-11-12(16)7-6-8-13(11)18-15(21)17-10-5-3-2-4-9-14(19)20/h6-8H,2-5,9-10H2,1H3,(H,19,20)(H2,17,18,21). The van der Waals surface area contributed by atoms with Gasteiger partial charge in [0, 0.05) is 24.2 Å². The maximum absolute atomic E-state index is 13.3. The van der Waals surface area contributed by atoms with E-state index >= 15 is 0 Å². The van der Waals surface area contributed by atoms with Gasteiger partial charge in [-0.25, -0.2) is 9.18 Å². The van der Waals surface area contributed by atoms with Gasteiger partial charge in [0.1, 0.15) is 5.82 Å². The third kappa shape index (κ3) is 6.74. The average molecular weight is 296 g/mol. The summed E-state index contributed by atoms with van der Waals surface area (Å²) in [7, 11) is 0. The van der Waals surface area contributed by atoms with E-state index in [1.165, 1.54) is 6.07 Å². The van der Waals surface area contributed by atoms with Gasteiger partial charge in [0.15, 0.2) is 0 Å². The van der Waals surface area contributed by atoms with Gasteiger partial charge in [0.2, 0.25) is 0 Å². The molecule has 5 nitrogen and oxygen atoms in total. The molecule has 0 heterocycles. The minimum atomic E-state index is -0.780. The Labute approximate surface area is 123 Å². The molecule has 0 saturated heterocycles. The molecule has 6 heteroatoms. The number of aliphatic carboxylic acids is 1. The van der Waals surface area contributed by atoms with E-state index in [4.69, 9.17) is 5.11 Å². The summed E-state index contributed by atoms with van der Waals surface area (Å²) in [6.45, 7) is 2.11. The Bertz CT molecular complexity index is 492. The largest absolute Gasteiger partial charge is 0.481 e. The monoisotopic (exact) mass is 296 g/mol. The smallest absolute Gasteiger partial charge is 0.319 e. The zero-order valence-corrected chi connectivity index (χ0v) is 12.1. The van der Waals surface area contributed by atoms with Crippen molar-refractivity contribution in [3.05, 3.63) is 29.6 Å². The van der Waals surface area contributed by atoms with Crippen LogP contribution in [0.4, 0.5) is 14.9 Å². The highest BCUT2D eigenvalue weighted by Crippen LogP contribution is 2.16. The number of amides is 2. The maximum atomic E-state index is 13.3. The van der Waals surface area contributed by atoms with Crippen LogP contribution in [0.5, 0.6) is 0 Å². The van der Waals surface area contributed by atoms with Gasteiger partial charge in [-0.15, -0.1) is 0 Å². The lowest BCUT2D eigenvalue weighted by Crippen LogP contribution is -2.29. The first kappa shape index (κ1) is 16.9. The molecular formula is C15H21FN2O3. The van der Waals surface area contributed by atoms with Crippen molar-refractivity contribution in [3.8, 4) is 0 Å². The Morgan fingerprint density at radius 1 is 1.19 bits per heavy atom. The van der Waals surface area contributed by atoms with E-state index in [2.05, 4.69) is 10.6 Å². The second kappa shape index (κ2) is 8.94. The first-order valence-corrected chi connectivity index (χ1v) is 7.02. The summed E-state index contributed by atoms with van der Waals surface area (Å²) in [5, 5.41) is 13.8. The van der Waals surface area contributed by atoms with Crippen molar-refractivity contribution in [3.63, 3.8) is 0 Å². The van der Waals surface area contributed by atoms with Crippen LogP contribution in [0.15, 0.2) is 18.2 Å². The van der Waals surface area contributed by atoms with Crippen molar-refractivity contribution in [2.75, 3.05) is 11.9 Å². The zero-order valence-electron chi connectivity index (χ0n) is 12.1. The Morgan fingerprint density at radius 2 is 1.90 bits per heavy atom. The normalized spacial score (nSPS) is 10.2. The number of carbonyl (C=O) groups is 2. The van der Waals surface area contributed by atoms with Crippen molar-refractivity contribution in [2.24, 2.45) is 0 Å². The molecule has 0 unspecified atom stereocenters. The number of nitrogens with one attached hydrogen (secondary N) is 2. The van der Waals surface area contributed by atoms with Crippen molar-refractivity contribution in [2.45, 2.75) is 39.0 Å². The van der Waals surface area contributed by atoms with Gasteiger partial charge >= 0.3 is 12.0 Å². The van der Waals surface area contributed by atoms with E-state index in [9.17, 15) is 14.0 Å². The predicted molar refractivity (Wildman–Crippen MR) is 78.9 cm³/mol. The molecule has 0 atom stereocenters. The van der Waals surface area contributed by atoms with Crippen LogP contribution in [-0.2, 0) is 4.79 Å². The Balaban J connectivity index is 2.17. The van der Waals surface area contributed by atoms with Crippen LogP contribution in [0.3, 0.4) is 0 Å². The van der Waals surface area contributed by atoms with Gasteiger partial charge in [0.25, 0.3) is 0 Å². The molecule has 1 aromatic rings. The van der Waals surface area contributed by atoms with Gasteiger partial charge in [0.05, 0.1) is 0 Å². The number of hydrogen-bond acceptors (Lipinski definition) is 2. The summed E-state index contributed by atoms with van der Waals surface area (Å²) < 4.78 is 13.3. The molecule has 0 aromatic heterocycles. The quantitative estimate of drug-likeness (QED) is 0.644. The van der Waals surface area contributed by atoms with Crippen LogP contribution in [0.2, 0.25) is 0 Å². The van der Waals surface area contributed by atoms with Crippen LogP contribution in [0.25, 0.3) is 0 Å². The van der Waals surface area contributed by atoms with E-state index in [0.717, 1.165) is 19.3 Å². The van der Waals surface area contributed by atoms with Crippen LogP contribution >= 0.6 is 0 Å². The van der Waals surface area contributed by atoms with E-state index in [1.54, 1.807) is 19.1 Å². The topological polar surface area (TPSA) is 78.4 Å². The summed E-state index contributed by atoms with van der Waals surface area (Å²) in [5.74, 6) is -1.14. The van der Waals surface area contributed by atoms with Gasteiger partial charge in [-0.05, 0) is 31.9 Å². The SMILES string of the molecule is Cc1c(F)cccc1NC(=O)NCCCCCCC(=O)O. The van der Waals surface area contributed by atoms with Gasteiger partial charge in [-0.1, -0.05) is 18.9 Å². The second-order valence-electron chi connectivity index (χ2n) is 4.85. The van der Waals surface area contributed by atoms with E-state index in [-0.39, 0.29) is 18.3 Å². The number of carboxylic acid groups (broad SMARTS) is 1. The van der Waals surface area contributed by atoms with Crippen LogP contribution in [0.1, 0.15) is 37.7 Å². The van der Waals surface area contributed by atoms with Crippen LogP contribution in [-0.4, -0.2) is 23.7 Å². The molecule has 0 aliphatic carbocycles. The summed E-state index contributed by atoms with van der Waals surface area (Å²) in [4.78, 5) is 21.9. The van der Waals surface area contributed by atoms with Gasteiger partial charge in [-0.2, -0.15) is 0 Å². The second-order valence-corrected chi connectivity index (χ2v) is 4.85. The summed E-state index contributed by atoms with van der Waals surface area (Å²) in [6.07, 6.45) is 3.33. The molecule has 0 radical (unpaired) electrons. The highest BCUT2D eigenvalue weighted by atomic mass is 19.1. The molecular weight excluding hydrogens is 275 g/mol. The molecule has 0 aliphatic rings. The van der Waals surface area contributed by atoms with Crippen molar-refractivity contribution < 1.29 is 19.1 Å². The number of unbranched alkanes of at least 4 members (excludes halogenated alkanes) is 3. The van der Waals surface area contributed by atoms with Crippen LogP contribution < -0.4 is 10.6 Å². The zero-order chi connectivity index (χ0) is 15.7. The molecule has 0 aliphatic heterocycles. The van der Waals surface area contributed by atoms with E-state index in [1.807, 2.05) is 0 Å². The highest BCUT2D eigenvalue weighted by Gasteiger charge is 2.06. The van der Waals surface area contributed by atoms with E-state index < -0.39 is 5.97 Å². The summed E-state index contributed by atoms with van der Waals surface area (Å²) in [5.41, 5.74) is 0.857. The van der Waals surface area contributed by atoms with Crippen molar-refractivity contribution in [1.82, 2.24) is 5.32 Å². The number of urea groups is 1. The number of carboxylic acids is 1. The number of benzene rings is 1. The summed E-state index contributed by atoms with van der Waals surface area (Å²) in [6, 6.07) is 4.16. The lowest BCUT2D eigenvalue weighted by atomic mass is 10.1. The van der Waals surface area contributed by atoms with Gasteiger partial charge < -0.3 is 15.7 Å². The van der Waals surface area contributed by atoms with Crippen molar-refractivity contribution in [1.29, 1.82) is 0 Å². The molecule has 0 saturated carbocycles. The fourth-order valence-corrected chi connectivity index (χ4v) is 1.87. The molecule has 2 amide bonds. The number of carbonyl (C=O) groups excluding carboxylic acids is 1. The predicted octanol–water partition coefficient (Wildman–Crippen LogP) is 3.29. The lowest BCUT2D eigenvalue weighted by molar-refractivity contribution is -0.137. The molecule has 0 fully saturated rings. The first-order valence-electron chi connectivity index (χ1n) is 7.02. The maximum Gasteiger partial charge on any atom is 0.319 e. The Hall–Kier alpha value is -2.11. The molecule has 0 spiro atoms. The Kier molecular flexibility index (Phi) is 7.21. The molecule has 3 N–H and O–H groups in total. The minimum absolute atomic E-state index is 0.187. The highest BCUT2D eigenvalue weighted by molar-refractivity contribution is 5.90. The molecule has 1 rings (SSSR count). The molecule has 1 aromatic carbocycles. The fourth-order valence-electron chi connectivity index (χ4n) is 1.87. The molecule has 21 heavy (non-hydrogen) atoms. The number of hydrogen-bond donors (Lipinski definition) is 3. The first-order chi connectivity index (χ1) is 10.0. The minimum Gasteiger partial charge on any atom is -0.481 e. The number of rotatable bonds is 8. The summed E-state index contributed by atoms with van der Waals surface area (Å²) >= 11 is 0. The molecule has 116 valence electrons. The van der Waals surface area contributed by atoms with Crippen molar-refractivity contribution >= 4 is 17.7 Å². The molecule has 0 bridgehead atoms. The fraction of sp³-hybridized carbons (Fsp3) is 0.467.